The minimum Gasteiger partial charge on any atom is -0.336 e. The molecule has 0 aliphatic heterocycles. The fraction of sp³-hybridized carbons (Fsp3) is 0.333. The Morgan fingerprint density at radius 2 is 1.94 bits per heavy atom. The van der Waals surface area contributed by atoms with Crippen molar-refractivity contribution in [3.63, 3.8) is 0 Å². The lowest BCUT2D eigenvalue weighted by molar-refractivity contribution is -0.140. The molecule has 1 aromatic carbocycles. The number of hydrogen-bond donors (Lipinski definition) is 1. The molecule has 0 saturated heterocycles. The van der Waals surface area contributed by atoms with Gasteiger partial charge in [-0.05, 0) is 47.6 Å². The summed E-state index contributed by atoms with van der Waals surface area (Å²) in [7, 11) is 0. The number of rotatable bonds is 5. The largest absolute Gasteiger partial charge is 0.437 e. The van der Waals surface area contributed by atoms with Gasteiger partial charge in [0.25, 0.3) is 0 Å². The van der Waals surface area contributed by atoms with E-state index in [2.05, 4.69) is 57.4 Å². The number of hydrogen-bond acceptors (Lipinski definition) is 4. The Bertz CT molecular complexity index is 1290. The standard InChI is InChI=1S/C24H23F3N6/c1-14(2)15-5-6-19-16(9-15)3-4-18(19)11-33-12-21(29-13-33)20-10-17(7-8-28-20)22-23(24(25,26)27)31-32-30-22/h5-10,12-14,18H,3-4,11H2,1-2H3,(H,30,31,32)/t18-/m0/s1. The van der Waals surface area contributed by atoms with Crippen LogP contribution in [0.1, 0.15) is 54.5 Å². The summed E-state index contributed by atoms with van der Waals surface area (Å²) in [6.45, 7) is 5.20. The van der Waals surface area contributed by atoms with E-state index in [4.69, 9.17) is 0 Å². The van der Waals surface area contributed by atoms with E-state index in [1.807, 2.05) is 10.8 Å². The van der Waals surface area contributed by atoms with Gasteiger partial charge in [0.1, 0.15) is 11.4 Å². The van der Waals surface area contributed by atoms with E-state index in [1.165, 1.54) is 29.0 Å². The summed E-state index contributed by atoms with van der Waals surface area (Å²) < 4.78 is 41.6. The summed E-state index contributed by atoms with van der Waals surface area (Å²) in [4.78, 5) is 8.75. The molecule has 0 bridgehead atoms. The summed E-state index contributed by atoms with van der Waals surface area (Å²) >= 11 is 0. The first-order valence-corrected chi connectivity index (χ1v) is 10.9. The number of imidazole rings is 1. The fourth-order valence-corrected chi connectivity index (χ4v) is 4.47. The SMILES string of the molecule is CC(C)c1ccc2c(c1)CC[C@H]2Cn1cnc(-c2cc(-c3n[nH]nc3C(F)(F)F)ccn2)c1. The molecule has 6 nitrogen and oxygen atoms in total. The molecule has 1 aliphatic carbocycles. The van der Waals surface area contributed by atoms with Crippen LogP contribution in [0.4, 0.5) is 13.2 Å². The number of alkyl halides is 3. The van der Waals surface area contributed by atoms with Crippen molar-refractivity contribution in [2.45, 2.75) is 51.2 Å². The average molecular weight is 452 g/mol. The number of aryl methyl sites for hydroxylation is 1. The summed E-state index contributed by atoms with van der Waals surface area (Å²) in [6.07, 6.45) is 2.66. The number of nitrogens with zero attached hydrogens (tertiary/aromatic N) is 5. The van der Waals surface area contributed by atoms with Crippen LogP contribution in [0.3, 0.4) is 0 Å². The van der Waals surface area contributed by atoms with Crippen molar-refractivity contribution < 1.29 is 13.2 Å². The monoisotopic (exact) mass is 452 g/mol. The highest BCUT2D eigenvalue weighted by atomic mass is 19.4. The molecule has 5 rings (SSSR count). The van der Waals surface area contributed by atoms with Crippen LogP contribution in [0.25, 0.3) is 22.6 Å². The van der Waals surface area contributed by atoms with Crippen molar-refractivity contribution in [2.24, 2.45) is 0 Å². The van der Waals surface area contributed by atoms with Gasteiger partial charge in [-0.1, -0.05) is 32.0 Å². The zero-order chi connectivity index (χ0) is 23.2. The Labute approximate surface area is 188 Å². The molecule has 0 saturated carbocycles. The second-order valence-corrected chi connectivity index (χ2v) is 8.75. The van der Waals surface area contributed by atoms with Crippen LogP contribution in [0, 0.1) is 0 Å². The van der Waals surface area contributed by atoms with Gasteiger partial charge in [0, 0.05) is 30.4 Å². The maximum Gasteiger partial charge on any atom is 0.437 e. The Morgan fingerprint density at radius 1 is 1.09 bits per heavy atom. The summed E-state index contributed by atoms with van der Waals surface area (Å²) in [5, 5.41) is 9.01. The lowest BCUT2D eigenvalue weighted by atomic mass is 9.96. The zero-order valence-corrected chi connectivity index (χ0v) is 18.3. The highest BCUT2D eigenvalue weighted by Gasteiger charge is 2.38. The predicted molar refractivity (Wildman–Crippen MR) is 117 cm³/mol. The molecule has 0 radical (unpaired) electrons. The Hall–Kier alpha value is -3.49. The normalized spacial score (nSPS) is 15.9. The minimum atomic E-state index is -4.60. The van der Waals surface area contributed by atoms with E-state index in [1.54, 1.807) is 12.4 Å². The Balaban J connectivity index is 1.37. The molecule has 4 aromatic rings. The maximum absolute atomic E-state index is 13.2. The molecule has 0 unspecified atom stereocenters. The molecule has 0 amide bonds. The summed E-state index contributed by atoms with van der Waals surface area (Å²) in [6, 6.07) is 9.83. The van der Waals surface area contributed by atoms with Crippen molar-refractivity contribution >= 4 is 0 Å². The predicted octanol–water partition coefficient (Wildman–Crippen LogP) is 5.60. The molecule has 1 atom stereocenters. The molecular weight excluding hydrogens is 429 g/mol. The van der Waals surface area contributed by atoms with Gasteiger partial charge >= 0.3 is 6.18 Å². The molecule has 33 heavy (non-hydrogen) atoms. The first-order chi connectivity index (χ1) is 15.8. The number of fused-ring (bicyclic) bond motifs is 1. The second kappa shape index (κ2) is 8.13. The van der Waals surface area contributed by atoms with Gasteiger partial charge < -0.3 is 4.57 Å². The van der Waals surface area contributed by atoms with E-state index < -0.39 is 11.9 Å². The number of aromatic amines is 1. The number of benzene rings is 1. The van der Waals surface area contributed by atoms with Crippen LogP contribution in [-0.4, -0.2) is 29.9 Å². The third-order valence-electron chi connectivity index (χ3n) is 6.21. The molecule has 170 valence electrons. The zero-order valence-electron chi connectivity index (χ0n) is 18.3. The lowest BCUT2D eigenvalue weighted by Crippen LogP contribution is -2.07. The van der Waals surface area contributed by atoms with Crippen LogP contribution < -0.4 is 0 Å². The van der Waals surface area contributed by atoms with Gasteiger partial charge in [0.05, 0.1) is 12.0 Å². The average Bonchev–Trinajstić information content (AvgIpc) is 3.53. The first kappa shape index (κ1) is 21.4. The molecule has 0 spiro atoms. The van der Waals surface area contributed by atoms with Crippen molar-refractivity contribution in [1.29, 1.82) is 0 Å². The van der Waals surface area contributed by atoms with Crippen molar-refractivity contribution in [1.82, 2.24) is 29.9 Å². The molecule has 1 aliphatic rings. The van der Waals surface area contributed by atoms with Gasteiger partial charge in [0.2, 0.25) is 0 Å². The molecule has 9 heteroatoms. The van der Waals surface area contributed by atoms with Crippen LogP contribution in [-0.2, 0) is 19.1 Å². The van der Waals surface area contributed by atoms with Crippen LogP contribution in [0.2, 0.25) is 0 Å². The third-order valence-corrected chi connectivity index (χ3v) is 6.21. The van der Waals surface area contributed by atoms with Gasteiger partial charge in [-0.3, -0.25) is 4.98 Å². The molecule has 3 aromatic heterocycles. The van der Waals surface area contributed by atoms with Crippen LogP contribution >= 0.6 is 0 Å². The van der Waals surface area contributed by atoms with Gasteiger partial charge in [-0.2, -0.15) is 28.6 Å². The fourth-order valence-electron chi connectivity index (χ4n) is 4.47. The maximum atomic E-state index is 13.2. The Morgan fingerprint density at radius 3 is 2.73 bits per heavy atom. The van der Waals surface area contributed by atoms with E-state index >= 15 is 0 Å². The molecule has 3 heterocycles. The number of halogens is 3. The third kappa shape index (κ3) is 4.15. The van der Waals surface area contributed by atoms with E-state index in [0.717, 1.165) is 19.4 Å². The number of nitrogens with one attached hydrogen (secondary N) is 1. The second-order valence-electron chi connectivity index (χ2n) is 8.75. The number of H-pyrrole nitrogens is 1. The number of pyridine rings is 1. The minimum absolute atomic E-state index is 0.256. The smallest absolute Gasteiger partial charge is 0.336 e. The quantitative estimate of drug-likeness (QED) is 0.428. The van der Waals surface area contributed by atoms with Gasteiger partial charge in [-0.15, -0.1) is 0 Å². The highest BCUT2D eigenvalue weighted by molar-refractivity contribution is 5.67. The van der Waals surface area contributed by atoms with Gasteiger partial charge in [0.15, 0.2) is 5.69 Å². The van der Waals surface area contributed by atoms with Crippen molar-refractivity contribution in [3.05, 3.63) is 71.4 Å². The van der Waals surface area contributed by atoms with Crippen molar-refractivity contribution in [3.8, 4) is 22.6 Å². The van der Waals surface area contributed by atoms with Crippen molar-refractivity contribution in [2.75, 3.05) is 0 Å². The van der Waals surface area contributed by atoms with Crippen LogP contribution in [0.5, 0.6) is 0 Å². The van der Waals surface area contributed by atoms with Crippen LogP contribution in [0.15, 0.2) is 49.1 Å². The molecular formula is C24H23F3N6. The molecule has 1 N–H and O–H groups in total. The molecule has 0 fully saturated rings. The lowest BCUT2D eigenvalue weighted by Gasteiger charge is -2.14. The summed E-state index contributed by atoms with van der Waals surface area (Å²) in [5.74, 6) is 0.922. The van der Waals surface area contributed by atoms with Gasteiger partial charge in [-0.25, -0.2) is 4.98 Å². The first-order valence-electron chi connectivity index (χ1n) is 10.9. The topological polar surface area (TPSA) is 72.3 Å². The van der Waals surface area contributed by atoms with E-state index in [9.17, 15) is 13.2 Å². The highest BCUT2D eigenvalue weighted by Crippen LogP contribution is 2.37. The summed E-state index contributed by atoms with van der Waals surface area (Å²) in [5.41, 5.74) is 4.24. The van der Waals surface area contributed by atoms with E-state index in [-0.39, 0.29) is 11.3 Å². The number of aromatic nitrogens is 6. The Kier molecular flexibility index (Phi) is 5.26. The van der Waals surface area contributed by atoms with E-state index in [0.29, 0.717) is 23.2 Å².